The van der Waals surface area contributed by atoms with Gasteiger partial charge in [0.1, 0.15) is 5.69 Å². The standard InChI is InChI=1S/C10H11BrN4/c1-12-5-8-6-14-10(15-8)9-3-2-7(11)4-13-9/h2-4,6,12H,5H2,1H3,(H,14,15). The van der Waals surface area contributed by atoms with E-state index in [1.165, 1.54) is 0 Å². The van der Waals surface area contributed by atoms with Gasteiger partial charge < -0.3 is 10.3 Å². The molecule has 0 aliphatic carbocycles. The molecule has 2 aromatic heterocycles. The van der Waals surface area contributed by atoms with Crippen LogP contribution in [0.15, 0.2) is 29.0 Å². The summed E-state index contributed by atoms with van der Waals surface area (Å²) in [7, 11) is 1.90. The summed E-state index contributed by atoms with van der Waals surface area (Å²) in [5.41, 5.74) is 1.90. The molecule has 2 N–H and O–H groups in total. The second-order valence-electron chi connectivity index (χ2n) is 3.15. The van der Waals surface area contributed by atoms with Crippen LogP contribution in [0.3, 0.4) is 0 Å². The zero-order valence-electron chi connectivity index (χ0n) is 8.29. The van der Waals surface area contributed by atoms with E-state index in [0.29, 0.717) is 0 Å². The van der Waals surface area contributed by atoms with Crippen LogP contribution in [0.2, 0.25) is 0 Å². The molecule has 0 aliphatic rings. The van der Waals surface area contributed by atoms with E-state index in [0.717, 1.165) is 28.2 Å². The lowest BCUT2D eigenvalue weighted by molar-refractivity contribution is 0.797. The number of nitrogens with one attached hydrogen (secondary N) is 2. The van der Waals surface area contributed by atoms with Crippen molar-refractivity contribution in [2.24, 2.45) is 0 Å². The molecule has 0 saturated carbocycles. The number of rotatable bonds is 3. The third-order valence-corrected chi connectivity index (χ3v) is 2.43. The summed E-state index contributed by atoms with van der Waals surface area (Å²) in [6.45, 7) is 0.781. The zero-order chi connectivity index (χ0) is 10.7. The van der Waals surface area contributed by atoms with Crippen molar-refractivity contribution in [2.75, 3.05) is 7.05 Å². The third-order valence-electron chi connectivity index (χ3n) is 1.97. The van der Waals surface area contributed by atoms with Crippen molar-refractivity contribution in [1.82, 2.24) is 20.3 Å². The van der Waals surface area contributed by atoms with Crippen molar-refractivity contribution in [1.29, 1.82) is 0 Å². The number of halogens is 1. The molecule has 4 nitrogen and oxygen atoms in total. The molecule has 0 atom stereocenters. The minimum atomic E-state index is 0.781. The number of aromatic nitrogens is 3. The van der Waals surface area contributed by atoms with E-state index in [4.69, 9.17) is 0 Å². The fourth-order valence-corrected chi connectivity index (χ4v) is 1.52. The molecule has 0 amide bonds. The topological polar surface area (TPSA) is 53.6 Å². The van der Waals surface area contributed by atoms with Gasteiger partial charge in [0.25, 0.3) is 0 Å². The maximum Gasteiger partial charge on any atom is 0.156 e. The van der Waals surface area contributed by atoms with Crippen molar-refractivity contribution in [2.45, 2.75) is 6.54 Å². The summed E-state index contributed by atoms with van der Waals surface area (Å²) in [5.74, 6) is 0.799. The molecule has 2 aromatic rings. The fraction of sp³-hybridized carbons (Fsp3) is 0.200. The second-order valence-corrected chi connectivity index (χ2v) is 4.06. The van der Waals surface area contributed by atoms with E-state index in [1.54, 1.807) is 6.20 Å². The Labute approximate surface area is 96.3 Å². The highest BCUT2D eigenvalue weighted by atomic mass is 79.9. The number of H-pyrrole nitrogens is 1. The predicted molar refractivity (Wildman–Crippen MR) is 62.3 cm³/mol. The zero-order valence-corrected chi connectivity index (χ0v) is 9.87. The van der Waals surface area contributed by atoms with E-state index < -0.39 is 0 Å². The number of hydrogen-bond donors (Lipinski definition) is 2. The van der Waals surface area contributed by atoms with Gasteiger partial charge in [-0.15, -0.1) is 0 Å². The maximum absolute atomic E-state index is 4.26. The normalized spacial score (nSPS) is 10.5. The Hall–Kier alpha value is -1.20. The highest BCUT2D eigenvalue weighted by Crippen LogP contribution is 2.15. The summed E-state index contributed by atoms with van der Waals surface area (Å²) in [6, 6.07) is 3.87. The van der Waals surface area contributed by atoms with Gasteiger partial charge >= 0.3 is 0 Å². The smallest absolute Gasteiger partial charge is 0.156 e. The van der Waals surface area contributed by atoms with Gasteiger partial charge in [-0.3, -0.25) is 4.98 Å². The van der Waals surface area contributed by atoms with Gasteiger partial charge in [0, 0.05) is 22.9 Å². The molecule has 0 aromatic carbocycles. The predicted octanol–water partition coefficient (Wildman–Crippen LogP) is 1.95. The number of aromatic amines is 1. The van der Waals surface area contributed by atoms with Crippen LogP contribution < -0.4 is 5.32 Å². The second kappa shape index (κ2) is 4.55. The molecule has 0 radical (unpaired) electrons. The van der Waals surface area contributed by atoms with Crippen molar-refractivity contribution in [3.63, 3.8) is 0 Å². The Kier molecular flexibility index (Phi) is 3.13. The van der Waals surface area contributed by atoms with Crippen LogP contribution in [0, 0.1) is 0 Å². The van der Waals surface area contributed by atoms with E-state index in [1.807, 2.05) is 25.4 Å². The summed E-state index contributed by atoms with van der Waals surface area (Å²) in [4.78, 5) is 11.7. The van der Waals surface area contributed by atoms with Crippen LogP contribution in [-0.2, 0) is 6.54 Å². The van der Waals surface area contributed by atoms with Crippen LogP contribution in [0.4, 0.5) is 0 Å². The molecular formula is C10H11BrN4. The Bertz CT molecular complexity index is 435. The lowest BCUT2D eigenvalue weighted by atomic mass is 10.3. The minimum absolute atomic E-state index is 0.781. The number of hydrogen-bond acceptors (Lipinski definition) is 3. The first-order valence-corrected chi connectivity index (χ1v) is 5.39. The SMILES string of the molecule is CNCc1cnc(-c2ccc(Br)cn2)[nH]1. The van der Waals surface area contributed by atoms with Gasteiger partial charge in [0.2, 0.25) is 0 Å². The first kappa shape index (κ1) is 10.3. The average molecular weight is 267 g/mol. The molecule has 15 heavy (non-hydrogen) atoms. The van der Waals surface area contributed by atoms with Crippen LogP contribution in [0.1, 0.15) is 5.69 Å². The minimum Gasteiger partial charge on any atom is -0.339 e. The number of nitrogens with zero attached hydrogens (tertiary/aromatic N) is 2. The van der Waals surface area contributed by atoms with Gasteiger partial charge in [-0.1, -0.05) is 0 Å². The summed E-state index contributed by atoms with van der Waals surface area (Å²) < 4.78 is 0.966. The van der Waals surface area contributed by atoms with Gasteiger partial charge in [0.05, 0.1) is 6.20 Å². The maximum atomic E-state index is 4.26. The quantitative estimate of drug-likeness (QED) is 0.893. The van der Waals surface area contributed by atoms with Crippen LogP contribution in [0.25, 0.3) is 11.5 Å². The summed E-state index contributed by atoms with van der Waals surface area (Å²) in [6.07, 6.45) is 3.57. The molecule has 0 saturated heterocycles. The Morgan fingerprint density at radius 3 is 2.87 bits per heavy atom. The first-order valence-electron chi connectivity index (χ1n) is 4.60. The average Bonchev–Trinajstić information content (AvgIpc) is 2.68. The molecular weight excluding hydrogens is 256 g/mol. The lowest BCUT2D eigenvalue weighted by Crippen LogP contribution is -2.04. The van der Waals surface area contributed by atoms with Gasteiger partial charge in [0.15, 0.2) is 5.82 Å². The van der Waals surface area contributed by atoms with E-state index in [9.17, 15) is 0 Å². The number of pyridine rings is 1. The van der Waals surface area contributed by atoms with Gasteiger partial charge in [-0.2, -0.15) is 0 Å². The molecule has 2 rings (SSSR count). The van der Waals surface area contributed by atoms with E-state index in [-0.39, 0.29) is 0 Å². The lowest BCUT2D eigenvalue weighted by Gasteiger charge is -1.96. The molecule has 78 valence electrons. The van der Waals surface area contributed by atoms with Crippen molar-refractivity contribution in [3.05, 3.63) is 34.7 Å². The van der Waals surface area contributed by atoms with E-state index in [2.05, 4.69) is 36.2 Å². The third kappa shape index (κ3) is 2.43. The molecule has 5 heteroatoms. The molecule has 0 unspecified atom stereocenters. The molecule has 0 aliphatic heterocycles. The first-order chi connectivity index (χ1) is 7.29. The highest BCUT2D eigenvalue weighted by Gasteiger charge is 2.03. The molecule has 2 heterocycles. The van der Waals surface area contributed by atoms with Crippen LogP contribution in [-0.4, -0.2) is 22.0 Å². The van der Waals surface area contributed by atoms with Crippen molar-refractivity contribution in [3.8, 4) is 11.5 Å². The Morgan fingerprint density at radius 1 is 1.33 bits per heavy atom. The summed E-state index contributed by atoms with van der Waals surface area (Å²) >= 11 is 3.34. The van der Waals surface area contributed by atoms with Crippen LogP contribution >= 0.6 is 15.9 Å². The Balaban J connectivity index is 2.25. The monoisotopic (exact) mass is 266 g/mol. The highest BCUT2D eigenvalue weighted by molar-refractivity contribution is 9.10. The largest absolute Gasteiger partial charge is 0.339 e. The number of imidazole rings is 1. The van der Waals surface area contributed by atoms with Crippen molar-refractivity contribution >= 4 is 15.9 Å². The van der Waals surface area contributed by atoms with Crippen molar-refractivity contribution < 1.29 is 0 Å². The molecule has 0 fully saturated rings. The van der Waals surface area contributed by atoms with E-state index >= 15 is 0 Å². The fourth-order valence-electron chi connectivity index (χ4n) is 1.29. The Morgan fingerprint density at radius 2 is 2.20 bits per heavy atom. The molecule has 0 bridgehead atoms. The van der Waals surface area contributed by atoms with Crippen LogP contribution in [0.5, 0.6) is 0 Å². The van der Waals surface area contributed by atoms with Gasteiger partial charge in [-0.05, 0) is 35.1 Å². The molecule has 0 spiro atoms. The summed E-state index contributed by atoms with van der Waals surface area (Å²) in [5, 5.41) is 3.06. The van der Waals surface area contributed by atoms with Gasteiger partial charge in [-0.25, -0.2) is 4.98 Å².